The van der Waals surface area contributed by atoms with Gasteiger partial charge in [0.2, 0.25) is 0 Å². The van der Waals surface area contributed by atoms with E-state index in [1.165, 1.54) is 11.1 Å². The molecule has 0 saturated carbocycles. The van der Waals surface area contributed by atoms with E-state index in [2.05, 4.69) is 47.9 Å². The Balaban J connectivity index is 2.56. The van der Waals surface area contributed by atoms with E-state index in [1.807, 2.05) is 0 Å². The molecule has 0 fully saturated rings. The molecular formula is C16H28N2O2. The fraction of sp³-hybridized carbons (Fsp3) is 0.625. The van der Waals surface area contributed by atoms with E-state index in [4.69, 9.17) is 10.2 Å². The Morgan fingerprint density at radius 2 is 1.15 bits per heavy atom. The maximum atomic E-state index is 9.01. The molecule has 0 aromatic heterocycles. The summed E-state index contributed by atoms with van der Waals surface area (Å²) in [6, 6.07) is 8.62. The van der Waals surface area contributed by atoms with Crippen LogP contribution in [0.5, 0.6) is 0 Å². The van der Waals surface area contributed by atoms with Gasteiger partial charge in [0.25, 0.3) is 0 Å². The first-order chi connectivity index (χ1) is 9.73. The van der Waals surface area contributed by atoms with Gasteiger partial charge >= 0.3 is 0 Å². The Morgan fingerprint density at radius 3 is 1.50 bits per heavy atom. The average Bonchev–Trinajstić information content (AvgIpc) is 2.47. The minimum absolute atomic E-state index is 0.125. The Labute approximate surface area is 122 Å². The maximum absolute atomic E-state index is 9.01. The van der Waals surface area contributed by atoms with Crippen molar-refractivity contribution in [3.05, 3.63) is 35.4 Å². The summed E-state index contributed by atoms with van der Waals surface area (Å²) in [7, 11) is 0. The SMILES string of the molecule is CCN(CC)Cc1ccc(CN(CCO)CCO)cc1. The van der Waals surface area contributed by atoms with Gasteiger partial charge in [-0.25, -0.2) is 0 Å². The first-order valence-corrected chi connectivity index (χ1v) is 7.47. The van der Waals surface area contributed by atoms with Crippen LogP contribution in [-0.2, 0) is 13.1 Å². The molecule has 4 nitrogen and oxygen atoms in total. The van der Waals surface area contributed by atoms with Crippen LogP contribution in [0.4, 0.5) is 0 Å². The van der Waals surface area contributed by atoms with Crippen LogP contribution in [0.3, 0.4) is 0 Å². The molecule has 0 unspecified atom stereocenters. The summed E-state index contributed by atoms with van der Waals surface area (Å²) in [4.78, 5) is 4.44. The second kappa shape index (κ2) is 9.88. The first kappa shape index (κ1) is 17.1. The van der Waals surface area contributed by atoms with Crippen molar-refractivity contribution in [1.82, 2.24) is 9.80 Å². The second-order valence-electron chi connectivity index (χ2n) is 5.00. The third kappa shape index (κ3) is 6.01. The number of nitrogens with zero attached hydrogens (tertiary/aromatic N) is 2. The van der Waals surface area contributed by atoms with Crippen LogP contribution in [0.2, 0.25) is 0 Å². The maximum Gasteiger partial charge on any atom is 0.0558 e. The van der Waals surface area contributed by atoms with Crippen LogP contribution < -0.4 is 0 Å². The molecule has 1 aromatic carbocycles. The van der Waals surface area contributed by atoms with E-state index in [1.54, 1.807) is 0 Å². The van der Waals surface area contributed by atoms with Gasteiger partial charge in [-0.2, -0.15) is 0 Å². The largest absolute Gasteiger partial charge is 0.395 e. The molecule has 1 rings (SSSR count). The van der Waals surface area contributed by atoms with E-state index < -0.39 is 0 Å². The Hall–Kier alpha value is -0.940. The van der Waals surface area contributed by atoms with Gasteiger partial charge < -0.3 is 10.2 Å². The number of hydrogen-bond acceptors (Lipinski definition) is 4. The number of rotatable bonds is 10. The van der Waals surface area contributed by atoms with Crippen molar-refractivity contribution in [3.8, 4) is 0 Å². The van der Waals surface area contributed by atoms with Crippen molar-refractivity contribution in [2.24, 2.45) is 0 Å². The van der Waals surface area contributed by atoms with Gasteiger partial charge in [-0.3, -0.25) is 9.80 Å². The fourth-order valence-electron chi connectivity index (χ4n) is 2.27. The second-order valence-corrected chi connectivity index (χ2v) is 5.00. The van der Waals surface area contributed by atoms with Crippen LogP contribution >= 0.6 is 0 Å². The lowest BCUT2D eigenvalue weighted by atomic mass is 10.1. The normalized spacial score (nSPS) is 11.5. The van der Waals surface area contributed by atoms with E-state index in [0.717, 1.165) is 26.2 Å². The lowest BCUT2D eigenvalue weighted by Crippen LogP contribution is -2.29. The van der Waals surface area contributed by atoms with Gasteiger partial charge in [-0.1, -0.05) is 38.1 Å². The topological polar surface area (TPSA) is 46.9 Å². The van der Waals surface area contributed by atoms with Crippen LogP contribution in [0.1, 0.15) is 25.0 Å². The quantitative estimate of drug-likeness (QED) is 0.678. The lowest BCUT2D eigenvalue weighted by molar-refractivity contribution is 0.156. The zero-order valence-corrected chi connectivity index (χ0v) is 12.8. The molecule has 0 heterocycles. The first-order valence-electron chi connectivity index (χ1n) is 7.47. The fourth-order valence-corrected chi connectivity index (χ4v) is 2.27. The summed E-state index contributed by atoms with van der Waals surface area (Å²) in [6.07, 6.45) is 0. The number of benzene rings is 1. The summed E-state index contributed by atoms with van der Waals surface area (Å²) in [5, 5.41) is 18.0. The molecule has 0 saturated heterocycles. The summed E-state index contributed by atoms with van der Waals surface area (Å²) >= 11 is 0. The van der Waals surface area contributed by atoms with Crippen molar-refractivity contribution < 1.29 is 10.2 Å². The highest BCUT2D eigenvalue weighted by molar-refractivity contribution is 5.22. The molecule has 0 aliphatic heterocycles. The van der Waals surface area contributed by atoms with Gasteiger partial charge in [0, 0.05) is 26.2 Å². The van der Waals surface area contributed by atoms with E-state index in [-0.39, 0.29) is 13.2 Å². The van der Waals surface area contributed by atoms with Gasteiger partial charge in [0.05, 0.1) is 13.2 Å². The van der Waals surface area contributed by atoms with Crippen molar-refractivity contribution in [2.45, 2.75) is 26.9 Å². The van der Waals surface area contributed by atoms with Gasteiger partial charge in [0.1, 0.15) is 0 Å². The third-order valence-electron chi connectivity index (χ3n) is 3.56. The van der Waals surface area contributed by atoms with Crippen LogP contribution in [0.15, 0.2) is 24.3 Å². The van der Waals surface area contributed by atoms with Crippen LogP contribution in [0, 0.1) is 0 Å². The predicted molar refractivity (Wildman–Crippen MR) is 82.5 cm³/mol. The molecule has 0 bridgehead atoms. The Morgan fingerprint density at radius 1 is 0.750 bits per heavy atom. The summed E-state index contributed by atoms with van der Waals surface area (Å²) in [5.74, 6) is 0. The molecule has 20 heavy (non-hydrogen) atoms. The van der Waals surface area contributed by atoms with E-state index in [0.29, 0.717) is 13.1 Å². The van der Waals surface area contributed by atoms with Gasteiger partial charge in [0.15, 0.2) is 0 Å². The molecule has 0 aliphatic rings. The molecule has 0 spiro atoms. The Kier molecular flexibility index (Phi) is 8.46. The average molecular weight is 280 g/mol. The molecule has 0 radical (unpaired) electrons. The van der Waals surface area contributed by atoms with Gasteiger partial charge in [-0.15, -0.1) is 0 Å². The van der Waals surface area contributed by atoms with Crippen molar-refractivity contribution in [2.75, 3.05) is 39.4 Å². The molecule has 2 N–H and O–H groups in total. The molecule has 0 aliphatic carbocycles. The molecule has 0 amide bonds. The van der Waals surface area contributed by atoms with Crippen molar-refractivity contribution >= 4 is 0 Å². The van der Waals surface area contributed by atoms with Gasteiger partial charge in [-0.05, 0) is 24.2 Å². The minimum Gasteiger partial charge on any atom is -0.395 e. The number of aliphatic hydroxyl groups excluding tert-OH is 2. The van der Waals surface area contributed by atoms with E-state index in [9.17, 15) is 0 Å². The molecule has 114 valence electrons. The summed E-state index contributed by atoms with van der Waals surface area (Å²) in [6.45, 7) is 9.71. The van der Waals surface area contributed by atoms with Crippen LogP contribution in [-0.4, -0.2) is 59.4 Å². The zero-order chi connectivity index (χ0) is 14.8. The highest BCUT2D eigenvalue weighted by Gasteiger charge is 2.05. The highest BCUT2D eigenvalue weighted by atomic mass is 16.3. The third-order valence-corrected chi connectivity index (χ3v) is 3.56. The Bertz CT molecular complexity index is 344. The summed E-state index contributed by atoms with van der Waals surface area (Å²) in [5.41, 5.74) is 2.54. The monoisotopic (exact) mass is 280 g/mol. The zero-order valence-electron chi connectivity index (χ0n) is 12.8. The predicted octanol–water partition coefficient (Wildman–Crippen LogP) is 1.31. The lowest BCUT2D eigenvalue weighted by Gasteiger charge is -2.21. The minimum atomic E-state index is 0.125. The molecule has 1 aromatic rings. The highest BCUT2D eigenvalue weighted by Crippen LogP contribution is 2.09. The van der Waals surface area contributed by atoms with E-state index >= 15 is 0 Å². The summed E-state index contributed by atoms with van der Waals surface area (Å²) < 4.78 is 0. The molecule has 0 atom stereocenters. The smallest absolute Gasteiger partial charge is 0.0558 e. The van der Waals surface area contributed by atoms with Crippen molar-refractivity contribution in [3.63, 3.8) is 0 Å². The standard InChI is InChI=1S/C16H28N2O2/c1-3-17(4-2)13-15-5-7-16(8-6-15)14-18(9-11-19)10-12-20/h5-8,19-20H,3-4,9-14H2,1-2H3. The molecule has 4 heteroatoms. The van der Waals surface area contributed by atoms with Crippen LogP contribution in [0.25, 0.3) is 0 Å². The number of aliphatic hydroxyl groups is 2. The van der Waals surface area contributed by atoms with Crippen molar-refractivity contribution in [1.29, 1.82) is 0 Å². The molecular weight excluding hydrogens is 252 g/mol. The number of hydrogen-bond donors (Lipinski definition) is 2.